The molecular weight excluding hydrogens is 594 g/mol. The smallest absolute Gasteiger partial charge is 0.143 e. The Bertz CT molecular complexity index is 1450. The lowest BCUT2D eigenvalue weighted by atomic mass is 10.0. The van der Waals surface area contributed by atoms with Crippen molar-refractivity contribution in [3.63, 3.8) is 0 Å². The highest BCUT2D eigenvalue weighted by Crippen LogP contribution is 2.46. The van der Waals surface area contributed by atoms with Crippen LogP contribution in [0.4, 0.5) is 5.69 Å². The van der Waals surface area contributed by atoms with Gasteiger partial charge in [-0.05, 0) is 84.7 Å². The van der Waals surface area contributed by atoms with E-state index >= 15 is 0 Å². The Hall–Kier alpha value is -3.71. The molecule has 0 saturated carbocycles. The van der Waals surface area contributed by atoms with Gasteiger partial charge in [-0.1, -0.05) is 78.4 Å². The maximum absolute atomic E-state index is 11.2. The summed E-state index contributed by atoms with van der Waals surface area (Å²) in [5, 5.41) is 22.4. The number of nitrogens with zero attached hydrogens (tertiary/aromatic N) is 1. The van der Waals surface area contributed by atoms with Gasteiger partial charge in [-0.2, -0.15) is 0 Å². The number of phenolic OH excluding ortho intramolecular Hbond substituents is 2. The van der Waals surface area contributed by atoms with Gasteiger partial charge in [-0.3, -0.25) is 4.31 Å². The van der Waals surface area contributed by atoms with Crippen LogP contribution in [-0.2, 0) is 0 Å². The van der Waals surface area contributed by atoms with E-state index in [1.165, 1.54) is 37.6 Å². The number of methoxy groups -OCH3 is 1. The molecule has 2 N–H and O–H groups in total. The molecule has 1 aliphatic rings. The van der Waals surface area contributed by atoms with E-state index in [0.29, 0.717) is 47.8 Å². The molecule has 0 aromatic heterocycles. The van der Waals surface area contributed by atoms with E-state index < -0.39 is 0 Å². The third-order valence-electron chi connectivity index (χ3n) is 8.64. The topological polar surface area (TPSA) is 71.4 Å². The van der Waals surface area contributed by atoms with Crippen LogP contribution >= 0.6 is 11.9 Å². The number of phenols is 2. The molecule has 3 aromatic carbocycles. The zero-order valence-electron chi connectivity index (χ0n) is 28.1. The molecule has 2 atom stereocenters. The van der Waals surface area contributed by atoms with Gasteiger partial charge in [0.1, 0.15) is 28.7 Å². The first-order valence-electron chi connectivity index (χ1n) is 16.9. The molecule has 0 spiro atoms. The van der Waals surface area contributed by atoms with E-state index in [2.05, 4.69) is 33.8 Å². The van der Waals surface area contributed by atoms with Crippen LogP contribution in [0.2, 0.25) is 0 Å². The summed E-state index contributed by atoms with van der Waals surface area (Å²) in [5.74, 6) is 3.36. The number of benzene rings is 3. The van der Waals surface area contributed by atoms with Crippen LogP contribution in [0.15, 0.2) is 72.9 Å². The zero-order valence-corrected chi connectivity index (χ0v) is 28.9. The van der Waals surface area contributed by atoms with Gasteiger partial charge in [-0.25, -0.2) is 0 Å². The van der Waals surface area contributed by atoms with Gasteiger partial charge in [-0.15, -0.1) is 0 Å². The summed E-state index contributed by atoms with van der Waals surface area (Å²) >= 11 is 1.50. The highest BCUT2D eigenvalue weighted by Gasteiger charge is 2.22. The average Bonchev–Trinajstić information content (AvgIpc) is 3.08. The largest absolute Gasteiger partial charge is 0.507 e. The van der Waals surface area contributed by atoms with Gasteiger partial charge in [0.05, 0.1) is 26.0 Å². The molecule has 3 aromatic rings. The summed E-state index contributed by atoms with van der Waals surface area (Å²) in [6.07, 6.45) is 13.2. The van der Waals surface area contributed by atoms with Gasteiger partial charge < -0.3 is 24.4 Å². The standard InChI is InChI=1S/C39H51NO5S/c1-6-10-12-28(8-3)26-44-33-18-20-35(37(41)23-33)31-22-39(30-14-16-32(43-5)17-15-30)46-40(25-31)36-21-19-34(24-38(36)42)45-27-29(9-4)13-11-7-2/h14-25,28-29,41-42H,6-13,26-27H2,1-5H3. The van der Waals surface area contributed by atoms with E-state index in [1.807, 2.05) is 59.0 Å². The Morgan fingerprint density at radius 3 is 1.80 bits per heavy atom. The number of unbranched alkanes of at least 4 members (excludes halogenated alkanes) is 2. The number of aromatic hydroxyl groups is 2. The van der Waals surface area contributed by atoms with E-state index in [0.717, 1.165) is 47.5 Å². The van der Waals surface area contributed by atoms with Gasteiger partial charge in [0.25, 0.3) is 0 Å². The third-order valence-corrected chi connectivity index (χ3v) is 9.69. The molecule has 0 aliphatic carbocycles. The van der Waals surface area contributed by atoms with Crippen molar-refractivity contribution in [2.45, 2.75) is 79.1 Å². The second-order valence-electron chi connectivity index (χ2n) is 12.0. The minimum absolute atomic E-state index is 0.125. The lowest BCUT2D eigenvalue weighted by Crippen LogP contribution is -2.12. The van der Waals surface area contributed by atoms with E-state index in [9.17, 15) is 10.2 Å². The zero-order chi connectivity index (χ0) is 32.9. The molecule has 0 saturated heterocycles. The summed E-state index contributed by atoms with van der Waals surface area (Å²) in [7, 11) is 1.65. The number of hydrogen-bond acceptors (Lipinski definition) is 7. The first-order valence-corrected chi connectivity index (χ1v) is 17.6. The first kappa shape index (κ1) is 35.1. The number of anilines is 1. The molecule has 0 fully saturated rings. The lowest BCUT2D eigenvalue weighted by molar-refractivity contribution is 0.232. The van der Waals surface area contributed by atoms with E-state index in [-0.39, 0.29) is 11.5 Å². The van der Waals surface area contributed by atoms with Crippen molar-refractivity contribution >= 4 is 28.1 Å². The first-order chi connectivity index (χ1) is 22.4. The Balaban J connectivity index is 1.60. The van der Waals surface area contributed by atoms with Crippen molar-refractivity contribution in [2.24, 2.45) is 11.8 Å². The van der Waals surface area contributed by atoms with Crippen LogP contribution in [0, 0.1) is 11.8 Å². The molecule has 2 unspecified atom stereocenters. The predicted molar refractivity (Wildman–Crippen MR) is 193 cm³/mol. The van der Waals surface area contributed by atoms with Crippen molar-refractivity contribution in [3.8, 4) is 28.7 Å². The number of rotatable bonds is 18. The summed E-state index contributed by atoms with van der Waals surface area (Å²) in [6, 6.07) is 18.9. The molecule has 248 valence electrons. The fraction of sp³-hybridized carbons (Fsp3) is 0.436. The average molecular weight is 646 g/mol. The summed E-state index contributed by atoms with van der Waals surface area (Å²) in [6.45, 7) is 10.1. The minimum Gasteiger partial charge on any atom is -0.507 e. The molecule has 1 heterocycles. The quantitative estimate of drug-likeness (QED) is 0.133. The Morgan fingerprint density at radius 1 is 0.717 bits per heavy atom. The normalized spacial score (nSPS) is 14.3. The van der Waals surface area contributed by atoms with E-state index in [4.69, 9.17) is 14.2 Å². The fourth-order valence-electron chi connectivity index (χ4n) is 5.47. The Kier molecular flexibility index (Phi) is 13.6. The van der Waals surface area contributed by atoms with Crippen molar-refractivity contribution in [1.82, 2.24) is 0 Å². The summed E-state index contributed by atoms with van der Waals surface area (Å²) < 4.78 is 19.5. The summed E-state index contributed by atoms with van der Waals surface area (Å²) in [4.78, 5) is 0.961. The lowest BCUT2D eigenvalue weighted by Gasteiger charge is -2.27. The minimum atomic E-state index is 0.125. The maximum atomic E-state index is 11.2. The highest BCUT2D eigenvalue weighted by atomic mass is 32.2. The van der Waals surface area contributed by atoms with Gasteiger partial charge in [0.15, 0.2) is 0 Å². The SMILES string of the molecule is CCCCC(CC)COc1ccc(C2=CN(c3ccc(OCC(CC)CCCC)cc3O)SC(c3ccc(OC)cc3)=C2)c(O)c1. The molecule has 0 radical (unpaired) electrons. The number of hydrogen-bond donors (Lipinski definition) is 2. The molecular formula is C39H51NO5S. The molecule has 4 rings (SSSR count). The Labute approximate surface area is 280 Å². The van der Waals surface area contributed by atoms with Gasteiger partial charge >= 0.3 is 0 Å². The molecule has 6 nitrogen and oxygen atoms in total. The van der Waals surface area contributed by atoms with Crippen molar-refractivity contribution in [1.29, 1.82) is 0 Å². The maximum Gasteiger partial charge on any atom is 0.143 e. The second-order valence-corrected chi connectivity index (χ2v) is 13.0. The number of ether oxygens (including phenoxy) is 3. The van der Waals surface area contributed by atoms with Crippen LogP contribution in [0.5, 0.6) is 28.7 Å². The van der Waals surface area contributed by atoms with Crippen molar-refractivity contribution < 1.29 is 24.4 Å². The third kappa shape index (κ3) is 9.65. The van der Waals surface area contributed by atoms with Crippen LogP contribution in [0.25, 0.3) is 10.5 Å². The van der Waals surface area contributed by atoms with Crippen LogP contribution in [0.1, 0.15) is 90.2 Å². The monoisotopic (exact) mass is 645 g/mol. The molecule has 1 aliphatic heterocycles. The molecule has 0 bridgehead atoms. The summed E-state index contributed by atoms with van der Waals surface area (Å²) in [5.41, 5.74) is 3.11. The van der Waals surface area contributed by atoms with Crippen molar-refractivity contribution in [3.05, 3.63) is 84.1 Å². The molecule has 46 heavy (non-hydrogen) atoms. The predicted octanol–water partition coefficient (Wildman–Crippen LogP) is 10.8. The van der Waals surface area contributed by atoms with Gasteiger partial charge in [0.2, 0.25) is 0 Å². The van der Waals surface area contributed by atoms with Crippen molar-refractivity contribution in [2.75, 3.05) is 24.6 Å². The van der Waals surface area contributed by atoms with Gasteiger partial charge in [0, 0.05) is 34.4 Å². The van der Waals surface area contributed by atoms with E-state index in [1.54, 1.807) is 19.2 Å². The second kappa shape index (κ2) is 17.8. The highest BCUT2D eigenvalue weighted by molar-refractivity contribution is 8.09. The van der Waals surface area contributed by atoms with Crippen LogP contribution in [-0.4, -0.2) is 30.5 Å². The van der Waals surface area contributed by atoms with Crippen LogP contribution < -0.4 is 18.5 Å². The Morgan fingerprint density at radius 2 is 1.28 bits per heavy atom. The molecule has 0 amide bonds. The van der Waals surface area contributed by atoms with Crippen LogP contribution in [0.3, 0.4) is 0 Å². The molecule has 7 heteroatoms. The number of allylic oxidation sites excluding steroid dienone is 2. The fourth-order valence-corrected chi connectivity index (χ4v) is 6.52.